The van der Waals surface area contributed by atoms with E-state index in [-0.39, 0.29) is 67.1 Å². The van der Waals surface area contributed by atoms with E-state index in [2.05, 4.69) is 63.8 Å². The number of rotatable bonds is 9. The summed E-state index contributed by atoms with van der Waals surface area (Å²) >= 11 is 0. The molecule has 10 nitrogen and oxygen atoms in total. The fourth-order valence-electron chi connectivity index (χ4n) is 10.9. The summed E-state index contributed by atoms with van der Waals surface area (Å²) in [5.41, 5.74) is 10.7. The highest BCUT2D eigenvalue weighted by Crippen LogP contribution is 2.46. The summed E-state index contributed by atoms with van der Waals surface area (Å²) in [5.74, 6) is -0.552. The third-order valence-corrected chi connectivity index (χ3v) is 14.3. The molecule has 5 aromatic rings. The van der Waals surface area contributed by atoms with Gasteiger partial charge in [0.15, 0.2) is 17.3 Å². The van der Waals surface area contributed by atoms with Crippen LogP contribution in [-0.4, -0.2) is 67.8 Å². The van der Waals surface area contributed by atoms with Crippen LogP contribution in [0.3, 0.4) is 0 Å². The number of ketones is 2. The third kappa shape index (κ3) is 9.35. The molecule has 3 aromatic carbocycles. The first-order chi connectivity index (χ1) is 31.3. The Balaban J connectivity index is 1.11. The lowest BCUT2D eigenvalue weighted by molar-refractivity contribution is -0.135. The number of fused-ring (bicyclic) bond motifs is 8. The van der Waals surface area contributed by atoms with E-state index in [0.29, 0.717) is 50.0 Å². The molecule has 1 aliphatic heterocycles. The van der Waals surface area contributed by atoms with Crippen LogP contribution < -0.4 is 10.1 Å². The number of carbonyl (C=O) groups is 2. The molecule has 64 heavy (non-hydrogen) atoms. The number of H-pyrrole nitrogens is 2. The first kappa shape index (κ1) is 43.4. The average Bonchev–Trinajstić information content (AvgIpc) is 4.07. The van der Waals surface area contributed by atoms with E-state index in [1.807, 2.05) is 36.7 Å². The van der Waals surface area contributed by atoms with Crippen molar-refractivity contribution in [1.82, 2.24) is 9.97 Å². The monoisotopic (exact) mass is 863 g/mol. The van der Waals surface area contributed by atoms with E-state index in [0.717, 1.165) is 107 Å². The number of allylic oxidation sites excluding steroid dienone is 1. The van der Waals surface area contributed by atoms with Gasteiger partial charge in [-0.05, 0) is 151 Å². The van der Waals surface area contributed by atoms with Gasteiger partial charge in [-0.1, -0.05) is 48.6 Å². The number of aromatic amines is 2. The minimum Gasteiger partial charge on any atom is -0.507 e. The maximum absolute atomic E-state index is 15.4. The Labute approximate surface area is 375 Å². The number of phenols is 2. The quantitative estimate of drug-likeness (QED) is 0.0721. The Morgan fingerprint density at radius 3 is 2.47 bits per heavy atom. The number of phenolic OH excluding ortho intramolecular Hbond substituents is 2. The van der Waals surface area contributed by atoms with Gasteiger partial charge < -0.3 is 40.4 Å². The van der Waals surface area contributed by atoms with Gasteiger partial charge in [-0.15, -0.1) is 0 Å². The van der Waals surface area contributed by atoms with E-state index < -0.39 is 11.8 Å². The van der Waals surface area contributed by atoms with Crippen molar-refractivity contribution in [3.05, 3.63) is 140 Å². The van der Waals surface area contributed by atoms with E-state index in [1.54, 1.807) is 6.07 Å². The highest BCUT2D eigenvalue weighted by Gasteiger charge is 2.42. The highest BCUT2D eigenvalue weighted by atomic mass is 16.5. The predicted molar refractivity (Wildman–Crippen MR) is 250 cm³/mol. The number of nitrogens with one attached hydrogen (secondary N) is 3. The van der Waals surface area contributed by atoms with Gasteiger partial charge in [-0.2, -0.15) is 0 Å². The maximum Gasteiger partial charge on any atom is 0.161 e. The Kier molecular flexibility index (Phi) is 13.2. The Hall–Kier alpha value is -5.84. The largest absolute Gasteiger partial charge is 0.507 e. The Morgan fingerprint density at radius 2 is 1.62 bits per heavy atom. The molecule has 3 heterocycles. The zero-order valence-electron chi connectivity index (χ0n) is 36.6. The molecule has 0 saturated heterocycles. The molecular weight excluding hydrogens is 803 g/mol. The molecule has 2 aromatic heterocycles. The molecule has 4 atom stereocenters. The van der Waals surface area contributed by atoms with Crippen molar-refractivity contribution in [3.63, 3.8) is 0 Å². The van der Waals surface area contributed by atoms with Crippen LogP contribution >= 0.6 is 0 Å². The van der Waals surface area contributed by atoms with Gasteiger partial charge in [0, 0.05) is 80.1 Å². The van der Waals surface area contributed by atoms with Crippen molar-refractivity contribution < 1.29 is 34.8 Å². The second-order valence-electron chi connectivity index (χ2n) is 18.5. The Morgan fingerprint density at radius 1 is 0.781 bits per heavy atom. The van der Waals surface area contributed by atoms with Crippen LogP contribution in [0.25, 0.3) is 12.2 Å². The van der Waals surface area contributed by atoms with Crippen LogP contribution in [0.1, 0.15) is 119 Å². The third-order valence-electron chi connectivity index (χ3n) is 14.3. The summed E-state index contributed by atoms with van der Waals surface area (Å²) in [5, 5.41) is 46.4. The molecule has 7 N–H and O–H groups in total. The molecule has 0 amide bonds. The molecule has 0 radical (unpaired) electrons. The number of hydrogen-bond acceptors (Lipinski definition) is 8. The highest BCUT2D eigenvalue weighted by molar-refractivity contribution is 6.05. The van der Waals surface area contributed by atoms with Crippen LogP contribution in [0.5, 0.6) is 17.2 Å². The summed E-state index contributed by atoms with van der Waals surface area (Å²) in [4.78, 5) is 36.9. The van der Waals surface area contributed by atoms with Gasteiger partial charge in [0.25, 0.3) is 0 Å². The molecule has 3 aliphatic carbocycles. The predicted octanol–water partition coefficient (Wildman–Crippen LogP) is 9.14. The number of Topliss-reactive ketones (excluding diaryl/α,β-unsaturated/α-hetero) is 2. The number of aliphatic hydroxyl groups excluding tert-OH is 2. The van der Waals surface area contributed by atoms with Crippen molar-refractivity contribution in [3.8, 4) is 17.2 Å². The van der Waals surface area contributed by atoms with Crippen molar-refractivity contribution >= 4 is 29.5 Å². The van der Waals surface area contributed by atoms with Crippen LogP contribution in [-0.2, 0) is 41.7 Å². The number of benzene rings is 3. The van der Waals surface area contributed by atoms with E-state index in [9.17, 15) is 25.2 Å². The minimum atomic E-state index is -1.01. The number of hydrogen-bond donors (Lipinski definition) is 7. The average molecular weight is 864 g/mol. The molecular formula is C54H61N3O7. The molecule has 1 fully saturated rings. The lowest BCUT2D eigenvalue weighted by Crippen LogP contribution is -2.38. The summed E-state index contributed by atoms with van der Waals surface area (Å²) in [6.45, 7) is 0.148. The second-order valence-corrected chi connectivity index (χ2v) is 18.5. The van der Waals surface area contributed by atoms with E-state index >= 15 is 4.79 Å². The van der Waals surface area contributed by atoms with Gasteiger partial charge in [0.05, 0.1) is 12.0 Å². The standard InChI is InChI=1S/C54H61N3O7/c58-23-4-6-36-14-11-34-25-39(36)30-38-18-21-56-54(38)57-32-41-31-47-44(19-22-55-47)46(28-33-10-15-37-5-3-9-48(60)43(37)16-12-33)51(41)53(63)45(20-24-59)49(61)17-13-35-27-40(26-34)52(62)50(29-35)64-42-7-1-2-8-42/h3,5,9,11-12,14,16,18-19,21-22,25,27,29,31,33,42,45-46,51,55-60,62H,1-2,4,6-8,10,13,15,17,20,23-24,26,28,30,32H2/t33-,45+,46-,51+/m1/s1. The molecule has 0 unspecified atom stereocenters. The van der Waals surface area contributed by atoms with Crippen LogP contribution in [0.4, 0.5) is 5.82 Å². The molecule has 334 valence electrons. The number of aryl methyl sites for hydroxylation is 3. The van der Waals surface area contributed by atoms with Crippen molar-refractivity contribution in [2.75, 3.05) is 25.1 Å². The lowest BCUT2D eigenvalue weighted by Gasteiger charge is -2.36. The van der Waals surface area contributed by atoms with Crippen LogP contribution in [0, 0.1) is 17.8 Å². The molecule has 9 rings (SSSR count). The minimum absolute atomic E-state index is 0.0143. The molecule has 4 bridgehead atoms. The number of aromatic hydroxyl groups is 2. The normalized spacial score (nSPS) is 21.6. The number of carbonyl (C=O) groups excluding carboxylic acids is 2. The fourth-order valence-corrected chi connectivity index (χ4v) is 10.9. The first-order valence-corrected chi connectivity index (χ1v) is 23.4. The summed E-state index contributed by atoms with van der Waals surface area (Å²) in [7, 11) is 0. The van der Waals surface area contributed by atoms with E-state index in [4.69, 9.17) is 4.74 Å². The fraction of sp³-hybridized carbons (Fsp3) is 0.407. The summed E-state index contributed by atoms with van der Waals surface area (Å²) < 4.78 is 6.47. The number of aliphatic hydroxyl groups is 2. The maximum atomic E-state index is 15.4. The molecule has 0 spiro atoms. The summed E-state index contributed by atoms with van der Waals surface area (Å²) in [6.07, 6.45) is 19.3. The SMILES string of the molecule is O=C1CCc2cc(c(O)c(OC3CCCC3)c2)Cc2ccc(CCCO)c(c2)Cc2cc[nH]c2NCC2=Cc3[nH]ccc3[C@@H](C[C@H]3C=Cc4c(O)cccc4CC3)[C@H]2C(=O)[C@H]1CCO. The van der Waals surface area contributed by atoms with Gasteiger partial charge in [0.2, 0.25) is 0 Å². The first-order valence-electron chi connectivity index (χ1n) is 23.4. The van der Waals surface area contributed by atoms with Gasteiger partial charge in [-0.25, -0.2) is 0 Å². The number of ether oxygens (including phenoxy) is 1. The number of aromatic nitrogens is 2. The molecule has 4 aliphatic rings. The summed E-state index contributed by atoms with van der Waals surface area (Å²) in [6, 6.07) is 20.1. The Bertz CT molecular complexity index is 2540. The van der Waals surface area contributed by atoms with Crippen LogP contribution in [0.2, 0.25) is 0 Å². The second kappa shape index (κ2) is 19.5. The van der Waals surface area contributed by atoms with Crippen molar-refractivity contribution in [2.45, 2.75) is 102 Å². The van der Waals surface area contributed by atoms with Gasteiger partial charge in [-0.3, -0.25) is 9.59 Å². The van der Waals surface area contributed by atoms with E-state index in [1.165, 1.54) is 0 Å². The van der Waals surface area contributed by atoms with Crippen molar-refractivity contribution in [2.24, 2.45) is 17.8 Å². The van der Waals surface area contributed by atoms with Gasteiger partial charge >= 0.3 is 0 Å². The molecule has 10 heteroatoms. The van der Waals surface area contributed by atoms with Crippen molar-refractivity contribution in [1.29, 1.82) is 0 Å². The zero-order chi connectivity index (χ0) is 44.2. The zero-order valence-corrected chi connectivity index (χ0v) is 36.6. The smallest absolute Gasteiger partial charge is 0.161 e. The van der Waals surface area contributed by atoms with Gasteiger partial charge in [0.1, 0.15) is 17.4 Å². The molecule has 1 saturated carbocycles. The lowest BCUT2D eigenvalue weighted by atomic mass is 9.67. The topological polar surface area (TPSA) is 168 Å². The van der Waals surface area contributed by atoms with Crippen LogP contribution in [0.15, 0.2) is 84.7 Å². The number of anilines is 1.